The fraction of sp³-hybridized carbons (Fsp3) is 0.200. The van der Waals surface area contributed by atoms with E-state index in [9.17, 15) is 5.21 Å². The number of hydrogen-bond acceptors (Lipinski definition) is 2. The monoisotopic (exact) mass is 174 g/mol. The van der Waals surface area contributed by atoms with E-state index in [1.165, 1.54) is 6.33 Å². The van der Waals surface area contributed by atoms with Gasteiger partial charge in [-0.15, -0.1) is 0 Å². The maximum Gasteiger partial charge on any atom is 0.289 e. The van der Waals surface area contributed by atoms with Gasteiger partial charge >= 0.3 is 0 Å². The fourth-order valence-corrected chi connectivity index (χ4v) is 1.45. The normalized spacial score (nSPS) is 10.5. The maximum atomic E-state index is 11.3. The smallest absolute Gasteiger partial charge is 0.289 e. The first-order valence-electron chi connectivity index (χ1n) is 4.28. The van der Waals surface area contributed by atoms with Gasteiger partial charge in [0, 0.05) is 6.42 Å². The van der Waals surface area contributed by atoms with Crippen LogP contribution in [0.2, 0.25) is 0 Å². The molecule has 0 N–H and O–H groups in total. The molecule has 0 bridgehead atoms. The van der Waals surface area contributed by atoms with Crippen LogP contribution in [-0.2, 0) is 6.42 Å². The molecule has 2 rings (SSSR count). The maximum absolute atomic E-state index is 11.3. The Morgan fingerprint density at radius 3 is 2.92 bits per heavy atom. The quantitative estimate of drug-likeness (QED) is 0.484. The van der Waals surface area contributed by atoms with Crippen molar-refractivity contribution in [2.24, 2.45) is 0 Å². The summed E-state index contributed by atoms with van der Waals surface area (Å²) in [7, 11) is 0. The highest BCUT2D eigenvalue weighted by molar-refractivity contribution is 5.77. The van der Waals surface area contributed by atoms with Crippen LogP contribution < -0.4 is 4.73 Å². The van der Waals surface area contributed by atoms with Crippen molar-refractivity contribution in [3.63, 3.8) is 0 Å². The van der Waals surface area contributed by atoms with Gasteiger partial charge in [0.05, 0.1) is 5.39 Å². The molecule has 0 atom stereocenters. The highest BCUT2D eigenvalue weighted by Gasteiger charge is 2.07. The van der Waals surface area contributed by atoms with E-state index in [4.69, 9.17) is 0 Å². The Labute approximate surface area is 76.2 Å². The van der Waals surface area contributed by atoms with E-state index in [-0.39, 0.29) is 0 Å². The van der Waals surface area contributed by atoms with Crippen LogP contribution in [0.4, 0.5) is 0 Å². The second-order valence-electron chi connectivity index (χ2n) is 2.89. The van der Waals surface area contributed by atoms with Crippen LogP contribution in [0, 0.1) is 5.21 Å². The average molecular weight is 174 g/mol. The summed E-state index contributed by atoms with van der Waals surface area (Å²) >= 11 is 0. The molecule has 0 fully saturated rings. The average Bonchev–Trinajstić information content (AvgIpc) is 2.19. The van der Waals surface area contributed by atoms with Crippen molar-refractivity contribution in [1.82, 2.24) is 4.98 Å². The number of rotatable bonds is 1. The Balaban J connectivity index is 2.84. The molecule has 1 heterocycles. The third-order valence-corrected chi connectivity index (χ3v) is 2.11. The Morgan fingerprint density at radius 1 is 1.38 bits per heavy atom. The molecule has 1 aromatic heterocycles. The van der Waals surface area contributed by atoms with Crippen molar-refractivity contribution in [1.29, 1.82) is 0 Å². The third-order valence-electron chi connectivity index (χ3n) is 2.11. The van der Waals surface area contributed by atoms with Crippen LogP contribution in [0.1, 0.15) is 12.6 Å². The Morgan fingerprint density at radius 2 is 2.15 bits per heavy atom. The van der Waals surface area contributed by atoms with Crippen LogP contribution in [0.15, 0.2) is 30.6 Å². The van der Waals surface area contributed by atoms with E-state index >= 15 is 0 Å². The van der Waals surface area contributed by atoms with Crippen molar-refractivity contribution in [2.75, 3.05) is 0 Å². The van der Waals surface area contributed by atoms with Gasteiger partial charge in [0.2, 0.25) is 0 Å². The first-order chi connectivity index (χ1) is 6.33. The standard InChI is InChI=1S/C10H10N2O/c1-2-9-8-5-3-4-6-10(8)12(13)7-11-9/h3-7H,2H2,1H3. The molecule has 2 aromatic rings. The van der Waals surface area contributed by atoms with Gasteiger partial charge in [0.1, 0.15) is 5.52 Å². The molecule has 13 heavy (non-hydrogen) atoms. The summed E-state index contributed by atoms with van der Waals surface area (Å²) in [4.78, 5) is 4.08. The predicted octanol–water partition coefficient (Wildman–Crippen LogP) is 1.43. The minimum Gasteiger partial charge on any atom is -0.710 e. The summed E-state index contributed by atoms with van der Waals surface area (Å²) in [5.74, 6) is 0. The molecule has 0 unspecified atom stereocenters. The van der Waals surface area contributed by atoms with Crippen LogP contribution in [0.25, 0.3) is 10.9 Å². The molecule has 66 valence electrons. The fourth-order valence-electron chi connectivity index (χ4n) is 1.45. The molecule has 0 aliphatic rings. The zero-order chi connectivity index (χ0) is 9.26. The lowest BCUT2D eigenvalue weighted by Crippen LogP contribution is -2.27. The minimum atomic E-state index is 0.689. The van der Waals surface area contributed by atoms with Gasteiger partial charge in [-0.05, 0) is 12.1 Å². The topological polar surface area (TPSA) is 39.8 Å². The zero-order valence-corrected chi connectivity index (χ0v) is 7.40. The summed E-state index contributed by atoms with van der Waals surface area (Å²) in [6, 6.07) is 7.51. The lowest BCUT2D eigenvalue weighted by molar-refractivity contribution is -0.580. The van der Waals surface area contributed by atoms with Crippen molar-refractivity contribution in [3.05, 3.63) is 41.5 Å². The van der Waals surface area contributed by atoms with E-state index in [0.717, 1.165) is 22.2 Å². The van der Waals surface area contributed by atoms with Gasteiger partial charge < -0.3 is 5.21 Å². The van der Waals surface area contributed by atoms with Crippen LogP contribution in [-0.4, -0.2) is 4.98 Å². The molecule has 0 spiro atoms. The van der Waals surface area contributed by atoms with Crippen LogP contribution in [0.3, 0.4) is 0 Å². The highest BCUT2D eigenvalue weighted by Crippen LogP contribution is 2.12. The summed E-state index contributed by atoms with van der Waals surface area (Å²) in [5.41, 5.74) is 1.66. The Kier molecular flexibility index (Phi) is 1.85. The molecule has 0 aliphatic heterocycles. The highest BCUT2D eigenvalue weighted by atomic mass is 16.5. The third kappa shape index (κ3) is 1.22. The molecular formula is C10H10N2O. The molecule has 0 radical (unpaired) electrons. The van der Waals surface area contributed by atoms with Crippen molar-refractivity contribution in [3.8, 4) is 0 Å². The number of nitrogens with zero attached hydrogens (tertiary/aromatic N) is 2. The van der Waals surface area contributed by atoms with E-state index in [0.29, 0.717) is 5.52 Å². The summed E-state index contributed by atoms with van der Waals surface area (Å²) in [5, 5.41) is 12.2. The molecule has 0 aliphatic carbocycles. The summed E-state index contributed by atoms with van der Waals surface area (Å²) < 4.78 is 0.800. The molecule has 0 saturated carbocycles. The SMILES string of the molecule is CCc1nc[n+]([O-])c2ccccc12. The Bertz CT molecular complexity index is 440. The first-order valence-corrected chi connectivity index (χ1v) is 4.28. The number of aryl methyl sites for hydroxylation is 1. The first kappa shape index (κ1) is 7.98. The molecule has 3 heteroatoms. The van der Waals surface area contributed by atoms with E-state index in [2.05, 4.69) is 4.98 Å². The largest absolute Gasteiger partial charge is 0.710 e. The van der Waals surface area contributed by atoms with E-state index in [1.807, 2.05) is 31.2 Å². The van der Waals surface area contributed by atoms with Crippen molar-refractivity contribution >= 4 is 10.9 Å². The number of benzene rings is 1. The summed E-state index contributed by atoms with van der Waals surface area (Å²) in [6.45, 7) is 2.03. The van der Waals surface area contributed by atoms with Gasteiger partial charge in [0.25, 0.3) is 6.33 Å². The molecule has 3 nitrogen and oxygen atoms in total. The molecule has 1 aromatic carbocycles. The Hall–Kier alpha value is -1.64. The lowest BCUT2D eigenvalue weighted by Gasteiger charge is -2.05. The molecule has 0 saturated heterocycles. The number of aromatic nitrogens is 2. The predicted molar refractivity (Wildman–Crippen MR) is 50.1 cm³/mol. The lowest BCUT2D eigenvalue weighted by atomic mass is 10.1. The zero-order valence-electron chi connectivity index (χ0n) is 7.40. The second kappa shape index (κ2) is 3.01. The van der Waals surface area contributed by atoms with Gasteiger partial charge in [0.15, 0.2) is 5.69 Å². The minimum absolute atomic E-state index is 0.689. The number of hydrogen-bond donors (Lipinski definition) is 0. The number of para-hydroxylation sites is 1. The number of fused-ring (bicyclic) bond motifs is 1. The van der Waals surface area contributed by atoms with Gasteiger partial charge in [-0.1, -0.05) is 24.0 Å². The van der Waals surface area contributed by atoms with Crippen molar-refractivity contribution in [2.45, 2.75) is 13.3 Å². The van der Waals surface area contributed by atoms with Gasteiger partial charge in [-0.3, -0.25) is 0 Å². The van der Waals surface area contributed by atoms with Gasteiger partial charge in [-0.2, -0.15) is 0 Å². The molecule has 0 amide bonds. The molecular weight excluding hydrogens is 164 g/mol. The van der Waals surface area contributed by atoms with Crippen LogP contribution in [0.5, 0.6) is 0 Å². The van der Waals surface area contributed by atoms with E-state index in [1.54, 1.807) is 0 Å². The van der Waals surface area contributed by atoms with Crippen molar-refractivity contribution < 1.29 is 4.73 Å². The summed E-state index contributed by atoms with van der Waals surface area (Å²) in [6.07, 6.45) is 2.17. The second-order valence-corrected chi connectivity index (χ2v) is 2.89. The van der Waals surface area contributed by atoms with Crippen LogP contribution >= 0.6 is 0 Å². The van der Waals surface area contributed by atoms with Gasteiger partial charge in [-0.25, -0.2) is 4.73 Å². The van der Waals surface area contributed by atoms with E-state index < -0.39 is 0 Å².